The highest BCUT2D eigenvalue weighted by molar-refractivity contribution is 6.10. The molecular weight excluding hydrogens is 410 g/mol. The van der Waals surface area contributed by atoms with Crippen molar-refractivity contribution in [1.29, 1.82) is 0 Å². The van der Waals surface area contributed by atoms with Crippen LogP contribution in [0.2, 0.25) is 0 Å². The van der Waals surface area contributed by atoms with E-state index in [2.05, 4.69) is 17.6 Å². The van der Waals surface area contributed by atoms with Gasteiger partial charge in [-0.15, -0.1) is 0 Å². The van der Waals surface area contributed by atoms with Crippen molar-refractivity contribution >= 4 is 29.4 Å². The molecule has 4 rings (SSSR count). The summed E-state index contributed by atoms with van der Waals surface area (Å²) in [5, 5.41) is 5.62. The minimum Gasteiger partial charge on any atom is -0.368 e. The number of nitrogens with two attached hydrogens (primary N) is 1. The van der Waals surface area contributed by atoms with Crippen LogP contribution in [-0.2, 0) is 20.9 Å². The summed E-state index contributed by atoms with van der Waals surface area (Å²) in [7, 11) is 0. The first kappa shape index (κ1) is 22.3. The molecule has 32 heavy (non-hydrogen) atoms. The van der Waals surface area contributed by atoms with Gasteiger partial charge < -0.3 is 16.4 Å². The van der Waals surface area contributed by atoms with Gasteiger partial charge >= 0.3 is 6.03 Å². The van der Waals surface area contributed by atoms with Gasteiger partial charge in [-0.1, -0.05) is 19.1 Å². The monoisotopic (exact) mass is 441 g/mol. The average molecular weight is 442 g/mol. The molecule has 0 aromatic heterocycles. The Morgan fingerprint density at radius 1 is 1.22 bits per heavy atom. The van der Waals surface area contributed by atoms with Crippen molar-refractivity contribution in [3.8, 4) is 0 Å². The number of amides is 5. The molecule has 9 heteroatoms. The lowest BCUT2D eigenvalue weighted by atomic mass is 9.77. The van der Waals surface area contributed by atoms with Gasteiger partial charge in [-0.05, 0) is 68.7 Å². The van der Waals surface area contributed by atoms with Crippen molar-refractivity contribution in [3.05, 3.63) is 29.8 Å². The first-order valence-electron chi connectivity index (χ1n) is 11.3. The molecule has 1 spiro atoms. The molecule has 1 aromatic carbocycles. The molecule has 2 saturated heterocycles. The number of anilines is 1. The van der Waals surface area contributed by atoms with Crippen LogP contribution in [0.15, 0.2) is 24.3 Å². The second-order valence-electron chi connectivity index (χ2n) is 9.37. The van der Waals surface area contributed by atoms with Crippen LogP contribution in [0, 0.1) is 5.92 Å². The number of carbonyl (C=O) groups is 4. The van der Waals surface area contributed by atoms with Gasteiger partial charge in [-0.2, -0.15) is 0 Å². The number of likely N-dealkylation sites (tertiary alicyclic amines) is 1. The van der Waals surface area contributed by atoms with Gasteiger partial charge in [-0.3, -0.25) is 24.2 Å². The van der Waals surface area contributed by atoms with Crippen LogP contribution in [0.1, 0.15) is 51.0 Å². The molecule has 0 radical (unpaired) electrons. The number of imide groups is 1. The highest BCUT2D eigenvalue weighted by Gasteiger charge is 2.52. The summed E-state index contributed by atoms with van der Waals surface area (Å²) in [6.07, 6.45) is 4.68. The van der Waals surface area contributed by atoms with Crippen LogP contribution in [0.25, 0.3) is 0 Å². The zero-order valence-corrected chi connectivity index (χ0v) is 18.4. The first-order chi connectivity index (χ1) is 15.3. The molecule has 1 aliphatic carbocycles. The number of urea groups is 1. The van der Waals surface area contributed by atoms with Crippen molar-refractivity contribution in [1.82, 2.24) is 15.1 Å². The van der Waals surface area contributed by atoms with Gasteiger partial charge in [0.25, 0.3) is 5.91 Å². The van der Waals surface area contributed by atoms with E-state index in [0.717, 1.165) is 42.7 Å². The molecule has 1 atom stereocenters. The highest BCUT2D eigenvalue weighted by atomic mass is 16.2. The van der Waals surface area contributed by atoms with E-state index >= 15 is 0 Å². The highest BCUT2D eigenvalue weighted by Crippen LogP contribution is 2.36. The third-order valence-electron chi connectivity index (χ3n) is 6.96. The van der Waals surface area contributed by atoms with Crippen LogP contribution < -0.4 is 16.4 Å². The van der Waals surface area contributed by atoms with Crippen molar-refractivity contribution in [3.63, 3.8) is 0 Å². The predicted molar refractivity (Wildman–Crippen MR) is 118 cm³/mol. The van der Waals surface area contributed by atoms with Crippen molar-refractivity contribution in [2.75, 3.05) is 18.4 Å². The number of benzene rings is 1. The maximum Gasteiger partial charge on any atom is 0.325 e. The summed E-state index contributed by atoms with van der Waals surface area (Å²) in [6.45, 7) is 3.19. The fraction of sp³-hybridized carbons (Fsp3) is 0.565. The normalized spacial score (nSPS) is 28.2. The van der Waals surface area contributed by atoms with Crippen LogP contribution in [0.5, 0.6) is 0 Å². The maximum atomic E-state index is 12.9. The predicted octanol–water partition coefficient (Wildman–Crippen LogP) is 1.58. The lowest BCUT2D eigenvalue weighted by Gasteiger charge is -2.33. The van der Waals surface area contributed by atoms with E-state index in [9.17, 15) is 19.2 Å². The Kier molecular flexibility index (Phi) is 6.19. The maximum absolute atomic E-state index is 12.9. The Morgan fingerprint density at radius 3 is 2.69 bits per heavy atom. The zero-order chi connectivity index (χ0) is 22.9. The van der Waals surface area contributed by atoms with Crippen LogP contribution in [0.4, 0.5) is 10.5 Å². The van der Waals surface area contributed by atoms with Gasteiger partial charge in [0.05, 0.1) is 6.04 Å². The number of rotatable bonds is 6. The molecule has 4 N–H and O–H groups in total. The first-order valence-corrected chi connectivity index (χ1v) is 11.3. The Labute approximate surface area is 187 Å². The fourth-order valence-corrected chi connectivity index (χ4v) is 5.08. The number of carbonyl (C=O) groups excluding carboxylic acids is 4. The van der Waals surface area contributed by atoms with E-state index in [1.54, 1.807) is 6.07 Å². The molecule has 2 heterocycles. The number of hydrogen-bond donors (Lipinski definition) is 3. The molecule has 3 fully saturated rings. The zero-order valence-electron chi connectivity index (χ0n) is 18.4. The molecule has 1 unspecified atom stereocenters. The smallest absolute Gasteiger partial charge is 0.325 e. The standard InChI is InChI=1S/C23H31N5O4/c1-15-7-9-23(10-8-15)21(31)28(22(32)26-23)14-19(29)25-17-5-2-4-16(12-17)13-27-11-3-6-18(27)20(24)30/h2,4-5,12,15,18H,3,6-11,13-14H2,1H3,(H2,24,30)(H,25,29)(H,26,32). The lowest BCUT2D eigenvalue weighted by Crippen LogP contribution is -2.49. The SMILES string of the molecule is CC1CCC2(CC1)NC(=O)N(CC(=O)Nc1cccc(CN3CCCC3C(N)=O)c1)C2=O. The van der Waals surface area contributed by atoms with E-state index in [4.69, 9.17) is 5.73 Å². The van der Waals surface area contributed by atoms with Crippen LogP contribution >= 0.6 is 0 Å². The molecule has 1 saturated carbocycles. The van der Waals surface area contributed by atoms with Crippen molar-refractivity contribution in [2.24, 2.45) is 11.7 Å². The van der Waals surface area contributed by atoms with E-state index in [0.29, 0.717) is 31.0 Å². The van der Waals surface area contributed by atoms with Crippen LogP contribution in [-0.4, -0.2) is 58.2 Å². The average Bonchev–Trinajstić information content (AvgIpc) is 3.29. The largest absolute Gasteiger partial charge is 0.368 e. The van der Waals surface area contributed by atoms with Gasteiger partial charge in [0, 0.05) is 12.2 Å². The molecule has 5 amide bonds. The van der Waals surface area contributed by atoms with Crippen LogP contribution in [0.3, 0.4) is 0 Å². The van der Waals surface area contributed by atoms with E-state index < -0.39 is 17.5 Å². The summed E-state index contributed by atoms with van der Waals surface area (Å²) in [5.74, 6) is -0.507. The molecule has 0 bridgehead atoms. The van der Waals surface area contributed by atoms with Gasteiger partial charge in [0.2, 0.25) is 11.8 Å². The Hall–Kier alpha value is -2.94. The third-order valence-corrected chi connectivity index (χ3v) is 6.96. The molecule has 1 aromatic rings. The van der Waals surface area contributed by atoms with Gasteiger partial charge in [-0.25, -0.2) is 4.79 Å². The topological polar surface area (TPSA) is 125 Å². The Bertz CT molecular complexity index is 925. The minimum atomic E-state index is -0.851. The van der Waals surface area contributed by atoms with E-state index in [1.807, 2.05) is 23.1 Å². The second kappa shape index (κ2) is 8.90. The molecule has 3 aliphatic rings. The molecule has 2 aliphatic heterocycles. The third kappa shape index (κ3) is 4.48. The van der Waals surface area contributed by atoms with E-state index in [1.165, 1.54) is 0 Å². The quantitative estimate of drug-likeness (QED) is 0.578. The summed E-state index contributed by atoms with van der Waals surface area (Å²) in [4.78, 5) is 52.7. The van der Waals surface area contributed by atoms with Gasteiger partial charge in [0.1, 0.15) is 12.1 Å². The Morgan fingerprint density at radius 2 is 1.97 bits per heavy atom. The lowest BCUT2D eigenvalue weighted by molar-refractivity contribution is -0.135. The molecule has 172 valence electrons. The number of nitrogens with one attached hydrogen (secondary N) is 2. The van der Waals surface area contributed by atoms with Gasteiger partial charge in [0.15, 0.2) is 0 Å². The number of primary amides is 1. The van der Waals surface area contributed by atoms with Crippen molar-refractivity contribution in [2.45, 2.75) is 63.6 Å². The summed E-state index contributed by atoms with van der Waals surface area (Å²) >= 11 is 0. The molecular formula is C23H31N5O4. The molecule has 9 nitrogen and oxygen atoms in total. The Balaban J connectivity index is 1.36. The van der Waals surface area contributed by atoms with Crippen molar-refractivity contribution < 1.29 is 19.2 Å². The summed E-state index contributed by atoms with van der Waals surface area (Å²) < 4.78 is 0. The minimum absolute atomic E-state index is 0.261. The summed E-state index contributed by atoms with van der Waals surface area (Å²) in [5.41, 5.74) is 6.17. The fourth-order valence-electron chi connectivity index (χ4n) is 5.08. The van der Waals surface area contributed by atoms with E-state index in [-0.39, 0.29) is 24.4 Å². The number of hydrogen-bond acceptors (Lipinski definition) is 5. The summed E-state index contributed by atoms with van der Waals surface area (Å²) in [6, 6.07) is 6.59. The number of nitrogens with zero attached hydrogens (tertiary/aromatic N) is 2. The second-order valence-corrected chi connectivity index (χ2v) is 9.37.